The van der Waals surface area contributed by atoms with E-state index in [0.717, 1.165) is 20.8 Å². The zero-order valence-electron chi connectivity index (χ0n) is 15.7. The molecule has 160 valence electrons. The maximum atomic E-state index is 11.6. The first-order valence-electron chi connectivity index (χ1n) is 7.82. The third-order valence-corrected chi connectivity index (χ3v) is 4.06. The Hall–Kier alpha value is -1.86. The molecule has 5 atom stereocenters. The fourth-order valence-corrected chi connectivity index (χ4v) is 3.20. The van der Waals surface area contributed by atoms with E-state index >= 15 is 0 Å². The Morgan fingerprint density at radius 1 is 0.893 bits per heavy atom. The summed E-state index contributed by atoms with van der Waals surface area (Å²) in [6.07, 6.45) is -4.76. The van der Waals surface area contributed by atoms with Crippen LogP contribution in [0.4, 0.5) is 0 Å². The molecule has 1 rings (SSSR count). The Morgan fingerprint density at radius 2 is 1.36 bits per heavy atom. The highest BCUT2D eigenvalue weighted by molar-refractivity contribution is 8.93. The molecule has 0 aliphatic carbocycles. The van der Waals surface area contributed by atoms with Crippen LogP contribution >= 0.6 is 28.7 Å². The molecule has 1 aliphatic rings. The van der Waals surface area contributed by atoms with Crippen LogP contribution in [0.5, 0.6) is 0 Å². The van der Waals surface area contributed by atoms with Gasteiger partial charge in [-0.25, -0.2) is 0 Å². The van der Waals surface area contributed by atoms with Crippen LogP contribution < -0.4 is 5.73 Å². The molecule has 1 aliphatic heterocycles. The number of carbonyl (C=O) groups is 4. The van der Waals surface area contributed by atoms with E-state index in [1.165, 1.54) is 6.92 Å². The van der Waals surface area contributed by atoms with Gasteiger partial charge in [-0.2, -0.15) is 0 Å². The maximum Gasteiger partial charge on any atom is 0.303 e. The van der Waals surface area contributed by atoms with E-state index in [-0.39, 0.29) is 28.8 Å². The summed E-state index contributed by atoms with van der Waals surface area (Å²) in [4.78, 5) is 45.7. The summed E-state index contributed by atoms with van der Waals surface area (Å²) >= 11 is 0.705. The molecule has 0 saturated carbocycles. The number of nitrogens with one attached hydrogen (secondary N) is 1. The molecule has 1 saturated heterocycles. The summed E-state index contributed by atoms with van der Waals surface area (Å²) < 4.78 is 26.2. The van der Waals surface area contributed by atoms with Crippen LogP contribution in [0.25, 0.3) is 0 Å². The van der Waals surface area contributed by atoms with E-state index in [0.29, 0.717) is 11.8 Å². The number of thioether (sulfide) groups is 1. The fraction of sp³-hybridized carbons (Fsp3) is 0.667. The maximum absolute atomic E-state index is 11.6. The van der Waals surface area contributed by atoms with Crippen molar-refractivity contribution in [3.63, 3.8) is 0 Å². The van der Waals surface area contributed by atoms with E-state index in [2.05, 4.69) is 0 Å². The van der Waals surface area contributed by atoms with Crippen molar-refractivity contribution in [2.45, 2.75) is 57.5 Å². The molecule has 13 heteroatoms. The van der Waals surface area contributed by atoms with E-state index in [1.807, 2.05) is 0 Å². The van der Waals surface area contributed by atoms with Crippen molar-refractivity contribution < 1.29 is 42.9 Å². The molecule has 0 aromatic carbocycles. The van der Waals surface area contributed by atoms with Gasteiger partial charge in [-0.05, 0) is 0 Å². The molecule has 0 unspecified atom stereocenters. The Morgan fingerprint density at radius 3 is 1.79 bits per heavy atom. The fourth-order valence-electron chi connectivity index (χ4n) is 2.41. The first-order valence-corrected chi connectivity index (χ1v) is 8.70. The lowest BCUT2D eigenvalue weighted by molar-refractivity contribution is -0.237. The van der Waals surface area contributed by atoms with Gasteiger partial charge in [0.05, 0.1) is 0 Å². The van der Waals surface area contributed by atoms with Crippen LogP contribution in [-0.4, -0.2) is 65.5 Å². The highest BCUT2D eigenvalue weighted by Gasteiger charge is 2.52. The van der Waals surface area contributed by atoms with Crippen LogP contribution in [0.15, 0.2) is 0 Å². The summed E-state index contributed by atoms with van der Waals surface area (Å²) in [6.45, 7) is 4.24. The summed E-state index contributed by atoms with van der Waals surface area (Å²) in [5.41, 5.74) is 4.33. The first-order chi connectivity index (χ1) is 12.5. The molecular weight excluding hydrogens is 464 g/mol. The minimum Gasteiger partial charge on any atom is -0.463 e. The van der Waals surface area contributed by atoms with Gasteiger partial charge in [0, 0.05) is 27.7 Å². The Balaban J connectivity index is 0.00000729. The highest BCUT2D eigenvalue weighted by atomic mass is 79.9. The number of hydrogen-bond acceptors (Lipinski definition) is 11. The number of hydrogen-bond donors (Lipinski definition) is 2. The minimum atomic E-state index is -1.26. The highest BCUT2D eigenvalue weighted by Crippen LogP contribution is 2.34. The zero-order chi connectivity index (χ0) is 20.7. The number of carbonyl (C=O) groups excluding carboxylic acids is 4. The second kappa shape index (κ2) is 11.9. The quantitative estimate of drug-likeness (QED) is 0.229. The number of amidine groups is 1. The first kappa shape index (κ1) is 26.1. The second-order valence-corrected chi connectivity index (χ2v) is 6.69. The van der Waals surface area contributed by atoms with Crippen molar-refractivity contribution in [3.8, 4) is 0 Å². The monoisotopic (exact) mass is 486 g/mol. The topological polar surface area (TPSA) is 164 Å². The Kier molecular flexibility index (Phi) is 11.1. The third-order valence-electron chi connectivity index (χ3n) is 3.19. The molecule has 28 heavy (non-hydrogen) atoms. The molecule has 1 heterocycles. The molecule has 0 aromatic rings. The van der Waals surface area contributed by atoms with Gasteiger partial charge < -0.3 is 29.4 Å². The van der Waals surface area contributed by atoms with Gasteiger partial charge in [-0.1, -0.05) is 11.8 Å². The number of ether oxygens (including phenoxy) is 5. The number of halogens is 1. The molecule has 3 N–H and O–H groups in total. The summed E-state index contributed by atoms with van der Waals surface area (Å²) in [6, 6.07) is 0. The van der Waals surface area contributed by atoms with Crippen molar-refractivity contribution >= 4 is 57.8 Å². The number of nitrogens with two attached hydrogens (primary N) is 1. The van der Waals surface area contributed by atoms with Crippen LogP contribution in [0.2, 0.25) is 0 Å². The normalized spacial score (nSPS) is 26.2. The Bertz CT molecular complexity index is 618. The van der Waals surface area contributed by atoms with Gasteiger partial charge in [0.15, 0.2) is 28.9 Å². The molecule has 1 fully saturated rings. The lowest BCUT2D eigenvalue weighted by atomic mass is 9.99. The minimum absolute atomic E-state index is 0. The lowest BCUT2D eigenvalue weighted by Crippen LogP contribution is -2.61. The lowest BCUT2D eigenvalue weighted by Gasteiger charge is -2.43. The van der Waals surface area contributed by atoms with Crippen LogP contribution in [0.3, 0.4) is 0 Å². The average molecular weight is 487 g/mol. The molecule has 0 radical (unpaired) electrons. The van der Waals surface area contributed by atoms with Gasteiger partial charge in [-0.3, -0.25) is 24.6 Å². The van der Waals surface area contributed by atoms with Crippen LogP contribution in [0, 0.1) is 5.41 Å². The molecule has 0 bridgehead atoms. The molecule has 0 amide bonds. The largest absolute Gasteiger partial charge is 0.463 e. The van der Waals surface area contributed by atoms with Gasteiger partial charge >= 0.3 is 23.9 Å². The summed E-state index contributed by atoms with van der Waals surface area (Å²) in [5.74, 6) is -2.76. The van der Waals surface area contributed by atoms with Gasteiger partial charge in [0.2, 0.25) is 0 Å². The average Bonchev–Trinajstić information content (AvgIpc) is 2.49. The van der Waals surface area contributed by atoms with Crippen LogP contribution in [0.1, 0.15) is 27.7 Å². The molecule has 11 nitrogen and oxygen atoms in total. The predicted octanol–water partition coefficient (Wildman–Crippen LogP) is 0.274. The molecule has 0 aromatic heterocycles. The van der Waals surface area contributed by atoms with Crippen molar-refractivity contribution in [1.29, 1.82) is 5.41 Å². The molecule has 0 spiro atoms. The number of rotatable bonds is 6. The smallest absolute Gasteiger partial charge is 0.303 e. The van der Waals surface area contributed by atoms with Crippen LogP contribution in [-0.2, 0) is 42.9 Å². The van der Waals surface area contributed by atoms with E-state index in [4.69, 9.17) is 34.8 Å². The van der Waals surface area contributed by atoms with Gasteiger partial charge in [-0.15, -0.1) is 17.0 Å². The second-order valence-electron chi connectivity index (χ2n) is 5.55. The van der Waals surface area contributed by atoms with E-state index in [9.17, 15) is 19.2 Å². The summed E-state index contributed by atoms with van der Waals surface area (Å²) in [7, 11) is 0. The number of esters is 4. The van der Waals surface area contributed by atoms with E-state index in [1.54, 1.807) is 0 Å². The summed E-state index contributed by atoms with van der Waals surface area (Å²) in [5, 5.41) is 7.10. The van der Waals surface area contributed by atoms with Crippen molar-refractivity contribution in [2.24, 2.45) is 5.73 Å². The van der Waals surface area contributed by atoms with Crippen molar-refractivity contribution in [3.05, 3.63) is 0 Å². The van der Waals surface area contributed by atoms with E-state index < -0.39 is 53.7 Å². The Labute approximate surface area is 176 Å². The van der Waals surface area contributed by atoms with Gasteiger partial charge in [0.25, 0.3) is 0 Å². The molecular formula is C15H23BrN2O9S. The standard InChI is InChI=1S/C15H22N2O9S.BrH/c1-6(18)22-5-10-11(23-7(2)19)12(24-8(3)20)13(25-9(4)21)14(26-10)27-15(16)17;/h10-14H,5H2,1-4H3,(H3,16,17);1H/t10-,11-,12+,13+,14+;/m1./s1. The zero-order valence-corrected chi connectivity index (χ0v) is 18.2. The van der Waals surface area contributed by atoms with Gasteiger partial charge in [0.1, 0.15) is 12.7 Å². The van der Waals surface area contributed by atoms with Crippen molar-refractivity contribution in [2.75, 3.05) is 6.61 Å². The van der Waals surface area contributed by atoms with Crippen molar-refractivity contribution in [1.82, 2.24) is 0 Å². The SMILES string of the molecule is Br.CC(=O)OC[C@H]1O[C@@H](SC(=N)N)[C@@H](OC(C)=O)[C@@H](OC(C)=O)[C@@H]1OC(C)=O. The third kappa shape index (κ3) is 8.44. The predicted molar refractivity (Wildman–Crippen MR) is 102 cm³/mol.